The fourth-order valence-electron chi connectivity index (χ4n) is 2.38. The number of benzene rings is 1. The molecule has 24 heavy (non-hydrogen) atoms. The first-order valence-electron chi connectivity index (χ1n) is 7.57. The minimum atomic E-state index is -0.167. The highest BCUT2D eigenvalue weighted by molar-refractivity contribution is 5.98. The summed E-state index contributed by atoms with van der Waals surface area (Å²) in [5.74, 6) is 0.393. The predicted molar refractivity (Wildman–Crippen MR) is 91.0 cm³/mol. The molecule has 0 unspecified atom stereocenters. The zero-order chi connectivity index (χ0) is 16.9. The topological polar surface area (TPSA) is 84.7 Å². The van der Waals surface area contributed by atoms with Crippen molar-refractivity contribution in [3.05, 3.63) is 66.4 Å². The quantitative estimate of drug-likeness (QED) is 0.752. The second-order valence-electron chi connectivity index (χ2n) is 5.28. The normalized spacial score (nSPS) is 11.8. The molecule has 0 radical (unpaired) electrons. The van der Waals surface area contributed by atoms with Crippen LogP contribution < -0.4 is 10.6 Å². The highest BCUT2D eigenvalue weighted by Crippen LogP contribution is 2.21. The van der Waals surface area contributed by atoms with Crippen LogP contribution in [0.1, 0.15) is 28.9 Å². The van der Waals surface area contributed by atoms with Crippen molar-refractivity contribution in [3.63, 3.8) is 0 Å². The summed E-state index contributed by atoms with van der Waals surface area (Å²) in [6.07, 6.45) is 4.81. The number of hydrogen-bond donors (Lipinski definition) is 2. The monoisotopic (exact) mass is 322 g/mol. The maximum atomic E-state index is 11.9. The molecule has 0 spiro atoms. The molecule has 0 aliphatic carbocycles. The molecule has 0 fully saturated rings. The molecule has 0 aliphatic heterocycles. The van der Waals surface area contributed by atoms with Crippen LogP contribution in [0.2, 0.25) is 0 Å². The first-order chi connectivity index (χ1) is 11.7. The Hall–Kier alpha value is -3.22. The number of rotatable bonds is 5. The number of aromatic nitrogens is 4. The summed E-state index contributed by atoms with van der Waals surface area (Å²) in [5, 5.41) is 10.0. The Balaban J connectivity index is 1.78. The van der Waals surface area contributed by atoms with Crippen molar-refractivity contribution in [2.45, 2.75) is 13.0 Å². The molecule has 2 aromatic heterocycles. The first kappa shape index (κ1) is 15.7. The molecule has 0 bridgehead atoms. The zero-order valence-electron chi connectivity index (χ0n) is 13.5. The van der Waals surface area contributed by atoms with Crippen molar-refractivity contribution < 1.29 is 4.79 Å². The molecule has 0 aliphatic rings. The Bertz CT molecular complexity index is 813. The zero-order valence-corrected chi connectivity index (χ0v) is 13.5. The van der Waals surface area contributed by atoms with Crippen LogP contribution in [-0.2, 0) is 0 Å². The summed E-state index contributed by atoms with van der Waals surface area (Å²) < 4.78 is 1.70. The number of nitrogens with one attached hydrogen (secondary N) is 2. The second-order valence-corrected chi connectivity index (χ2v) is 5.28. The van der Waals surface area contributed by atoms with Gasteiger partial charge in [-0.1, -0.05) is 12.1 Å². The van der Waals surface area contributed by atoms with E-state index in [4.69, 9.17) is 0 Å². The third-order valence-corrected chi connectivity index (χ3v) is 3.71. The van der Waals surface area contributed by atoms with E-state index in [2.05, 4.69) is 25.7 Å². The summed E-state index contributed by atoms with van der Waals surface area (Å²) in [4.78, 5) is 20.1. The third kappa shape index (κ3) is 3.24. The summed E-state index contributed by atoms with van der Waals surface area (Å²) in [5.41, 5.74) is 2.53. The maximum absolute atomic E-state index is 11.9. The van der Waals surface area contributed by atoms with E-state index in [1.807, 2.05) is 31.2 Å². The van der Waals surface area contributed by atoms with Gasteiger partial charge in [0.1, 0.15) is 18.5 Å². The van der Waals surface area contributed by atoms with Crippen LogP contribution in [0, 0.1) is 0 Å². The Morgan fingerprint density at radius 1 is 1.21 bits per heavy atom. The highest BCUT2D eigenvalue weighted by Gasteiger charge is 2.13. The lowest BCUT2D eigenvalue weighted by Crippen LogP contribution is -2.21. The molecular weight excluding hydrogens is 304 g/mol. The van der Waals surface area contributed by atoms with Crippen molar-refractivity contribution in [2.24, 2.45) is 0 Å². The van der Waals surface area contributed by atoms with Crippen LogP contribution in [0.25, 0.3) is 5.69 Å². The molecule has 0 saturated carbocycles. The van der Waals surface area contributed by atoms with Crippen LogP contribution in [0.5, 0.6) is 0 Å². The molecule has 2 N–H and O–H groups in total. The SMILES string of the molecule is CNC(=O)c1cccnc1N[C@H](C)c1ccc(-n2cncn2)cc1. The van der Waals surface area contributed by atoms with Gasteiger partial charge in [0.2, 0.25) is 0 Å². The van der Waals surface area contributed by atoms with Gasteiger partial charge < -0.3 is 10.6 Å². The molecule has 7 heteroatoms. The van der Waals surface area contributed by atoms with Crippen LogP contribution in [-0.4, -0.2) is 32.7 Å². The van der Waals surface area contributed by atoms with Crippen molar-refractivity contribution in [1.82, 2.24) is 25.1 Å². The molecule has 3 rings (SSSR count). The molecule has 0 saturated heterocycles. The predicted octanol–water partition coefficient (Wildman–Crippen LogP) is 2.20. The molecule has 1 amide bonds. The fourth-order valence-corrected chi connectivity index (χ4v) is 2.38. The van der Waals surface area contributed by atoms with E-state index in [-0.39, 0.29) is 11.9 Å². The molecule has 1 aromatic carbocycles. The molecule has 7 nitrogen and oxygen atoms in total. The van der Waals surface area contributed by atoms with E-state index < -0.39 is 0 Å². The van der Waals surface area contributed by atoms with Crippen molar-refractivity contribution >= 4 is 11.7 Å². The number of carbonyl (C=O) groups excluding carboxylic acids is 1. The van der Waals surface area contributed by atoms with Crippen LogP contribution in [0.3, 0.4) is 0 Å². The minimum absolute atomic E-state index is 0.00639. The van der Waals surface area contributed by atoms with Crippen LogP contribution >= 0.6 is 0 Å². The van der Waals surface area contributed by atoms with Gasteiger partial charge in [-0.25, -0.2) is 14.6 Å². The Kier molecular flexibility index (Phi) is 4.51. The van der Waals surface area contributed by atoms with Crippen LogP contribution in [0.4, 0.5) is 5.82 Å². The number of pyridine rings is 1. The highest BCUT2D eigenvalue weighted by atomic mass is 16.1. The first-order valence-corrected chi connectivity index (χ1v) is 7.57. The second kappa shape index (κ2) is 6.91. The van der Waals surface area contributed by atoms with Crippen molar-refractivity contribution in [3.8, 4) is 5.69 Å². The average molecular weight is 322 g/mol. The van der Waals surface area contributed by atoms with E-state index in [0.29, 0.717) is 11.4 Å². The number of hydrogen-bond acceptors (Lipinski definition) is 5. The van der Waals surface area contributed by atoms with Gasteiger partial charge in [0.15, 0.2) is 0 Å². The van der Waals surface area contributed by atoms with Gasteiger partial charge in [-0.15, -0.1) is 0 Å². The lowest BCUT2D eigenvalue weighted by Gasteiger charge is -2.17. The van der Waals surface area contributed by atoms with Gasteiger partial charge in [-0.2, -0.15) is 5.10 Å². The summed E-state index contributed by atoms with van der Waals surface area (Å²) in [6, 6.07) is 11.4. The van der Waals surface area contributed by atoms with E-state index >= 15 is 0 Å². The largest absolute Gasteiger partial charge is 0.363 e. The number of amides is 1. The molecule has 2 heterocycles. The lowest BCUT2D eigenvalue weighted by atomic mass is 10.1. The van der Waals surface area contributed by atoms with E-state index in [1.54, 1.807) is 36.4 Å². The van der Waals surface area contributed by atoms with E-state index in [1.165, 1.54) is 6.33 Å². The van der Waals surface area contributed by atoms with Crippen LogP contribution in [0.15, 0.2) is 55.2 Å². The third-order valence-electron chi connectivity index (χ3n) is 3.71. The van der Waals surface area contributed by atoms with Gasteiger partial charge in [-0.05, 0) is 36.8 Å². The summed E-state index contributed by atoms with van der Waals surface area (Å²) in [7, 11) is 1.60. The minimum Gasteiger partial charge on any atom is -0.363 e. The van der Waals surface area contributed by atoms with Crippen molar-refractivity contribution in [2.75, 3.05) is 12.4 Å². The fraction of sp³-hybridized carbons (Fsp3) is 0.176. The van der Waals surface area contributed by atoms with Gasteiger partial charge in [-0.3, -0.25) is 4.79 Å². The summed E-state index contributed by atoms with van der Waals surface area (Å²) >= 11 is 0. The molecular formula is C17H18N6O. The Labute approximate surface area is 139 Å². The molecule has 122 valence electrons. The number of anilines is 1. The van der Waals surface area contributed by atoms with Gasteiger partial charge in [0.05, 0.1) is 11.3 Å². The van der Waals surface area contributed by atoms with Gasteiger partial charge in [0, 0.05) is 19.3 Å². The maximum Gasteiger partial charge on any atom is 0.254 e. The average Bonchev–Trinajstić information content (AvgIpc) is 3.16. The number of carbonyl (C=O) groups is 1. The van der Waals surface area contributed by atoms with Gasteiger partial charge in [0.25, 0.3) is 5.91 Å². The Morgan fingerprint density at radius 3 is 2.67 bits per heavy atom. The van der Waals surface area contributed by atoms with E-state index in [0.717, 1.165) is 11.3 Å². The van der Waals surface area contributed by atoms with Gasteiger partial charge >= 0.3 is 0 Å². The van der Waals surface area contributed by atoms with E-state index in [9.17, 15) is 4.79 Å². The lowest BCUT2D eigenvalue weighted by molar-refractivity contribution is 0.0963. The van der Waals surface area contributed by atoms with Crippen molar-refractivity contribution in [1.29, 1.82) is 0 Å². The molecule has 3 aromatic rings. The molecule has 1 atom stereocenters. The Morgan fingerprint density at radius 2 is 2.00 bits per heavy atom. The standard InChI is InChI=1S/C17H18N6O/c1-12(22-16-15(17(24)18-2)4-3-9-20-16)13-5-7-14(8-6-13)23-11-19-10-21-23/h3-12H,1-2H3,(H,18,24)(H,20,22)/t12-/m1/s1. The summed E-state index contributed by atoms with van der Waals surface area (Å²) in [6.45, 7) is 2.02. The number of nitrogens with zero attached hydrogens (tertiary/aromatic N) is 4. The smallest absolute Gasteiger partial charge is 0.254 e.